The molecule has 0 radical (unpaired) electrons. The number of aryl methyl sites for hydroxylation is 1. The van der Waals surface area contributed by atoms with Crippen LogP contribution in [0.1, 0.15) is 15.9 Å². The molecule has 0 saturated carbocycles. The largest absolute Gasteiger partial charge is 0.322 e. The zero-order valence-corrected chi connectivity index (χ0v) is 13.9. The number of nitrogens with one attached hydrogen (secondary N) is 1. The summed E-state index contributed by atoms with van der Waals surface area (Å²) in [5.41, 5.74) is 2.29. The lowest BCUT2D eigenvalue weighted by Gasteiger charge is -2.07. The Kier molecular flexibility index (Phi) is 4.66. The molecule has 5 heteroatoms. The minimum atomic E-state index is -0.158. The van der Waals surface area contributed by atoms with Crippen LogP contribution in [0.4, 0.5) is 5.69 Å². The number of hydrogen-bond donors (Lipinski definition) is 1. The lowest BCUT2D eigenvalue weighted by molar-refractivity contribution is 0.102. The van der Waals surface area contributed by atoms with Crippen LogP contribution in [0.25, 0.3) is 0 Å². The molecule has 0 bridgehead atoms. The van der Waals surface area contributed by atoms with Crippen LogP contribution in [0.5, 0.6) is 0 Å². The third kappa shape index (κ3) is 3.59. The Labute approximate surface area is 133 Å². The predicted molar refractivity (Wildman–Crippen MR) is 86.0 cm³/mol. The first-order valence-electron chi connectivity index (χ1n) is 5.50. The lowest BCUT2D eigenvalue weighted by Crippen LogP contribution is -2.12. The van der Waals surface area contributed by atoms with Crippen LogP contribution in [-0.4, -0.2) is 5.91 Å². The molecule has 2 nitrogen and oxygen atoms in total. The number of hydrogen-bond acceptors (Lipinski definition) is 1. The first-order chi connectivity index (χ1) is 8.97. The summed E-state index contributed by atoms with van der Waals surface area (Å²) >= 11 is 12.7. The van der Waals surface area contributed by atoms with E-state index in [1.165, 1.54) is 0 Å². The fraction of sp³-hybridized carbons (Fsp3) is 0.0714. The molecule has 2 aromatic carbocycles. The van der Waals surface area contributed by atoms with Gasteiger partial charge < -0.3 is 5.32 Å². The molecule has 2 rings (SSSR count). The van der Waals surface area contributed by atoms with Crippen molar-refractivity contribution in [3.63, 3.8) is 0 Å². The van der Waals surface area contributed by atoms with Crippen molar-refractivity contribution in [1.29, 1.82) is 0 Å². The van der Waals surface area contributed by atoms with Gasteiger partial charge in [0.2, 0.25) is 0 Å². The minimum Gasteiger partial charge on any atom is -0.322 e. The fourth-order valence-corrected chi connectivity index (χ4v) is 2.24. The van der Waals surface area contributed by atoms with Crippen molar-refractivity contribution in [2.75, 3.05) is 5.32 Å². The van der Waals surface area contributed by atoms with E-state index in [0.717, 1.165) is 14.5 Å². The molecule has 0 spiro atoms. The molecule has 0 aliphatic carbocycles. The summed E-state index contributed by atoms with van der Waals surface area (Å²) in [6.07, 6.45) is 0. The van der Waals surface area contributed by atoms with E-state index in [1.54, 1.807) is 24.3 Å². The highest BCUT2D eigenvalue weighted by Crippen LogP contribution is 2.26. The minimum absolute atomic E-state index is 0.158. The highest BCUT2D eigenvalue weighted by molar-refractivity contribution is 9.10. The van der Waals surface area contributed by atoms with Crippen LogP contribution in [0.3, 0.4) is 0 Å². The fourth-order valence-electron chi connectivity index (χ4n) is 1.56. The van der Waals surface area contributed by atoms with Gasteiger partial charge in [0.25, 0.3) is 5.91 Å². The first kappa shape index (κ1) is 14.6. The Morgan fingerprint density at radius 1 is 1.11 bits per heavy atom. The van der Waals surface area contributed by atoms with Crippen LogP contribution >= 0.6 is 43.5 Å². The van der Waals surface area contributed by atoms with E-state index in [-0.39, 0.29) is 5.91 Å². The molecule has 0 aromatic heterocycles. The number of carbonyl (C=O) groups is 1. The van der Waals surface area contributed by atoms with Gasteiger partial charge in [0, 0.05) is 20.2 Å². The van der Waals surface area contributed by atoms with Crippen molar-refractivity contribution in [1.82, 2.24) is 0 Å². The molecule has 0 aliphatic heterocycles. The van der Waals surface area contributed by atoms with E-state index < -0.39 is 0 Å². The molecular formula is C14H10Br2ClNO. The SMILES string of the molecule is Cc1cc(C(=O)Nc2ccc(Br)c(Cl)c2)ccc1Br. The van der Waals surface area contributed by atoms with Crippen molar-refractivity contribution in [3.05, 3.63) is 61.5 Å². The average Bonchev–Trinajstić information content (AvgIpc) is 2.37. The Hall–Kier alpha value is -0.840. The highest BCUT2D eigenvalue weighted by atomic mass is 79.9. The summed E-state index contributed by atoms with van der Waals surface area (Å²) in [4.78, 5) is 12.1. The van der Waals surface area contributed by atoms with Gasteiger partial charge in [-0.1, -0.05) is 27.5 Å². The van der Waals surface area contributed by atoms with E-state index in [9.17, 15) is 4.79 Å². The Morgan fingerprint density at radius 3 is 2.42 bits per heavy atom. The Balaban J connectivity index is 2.20. The van der Waals surface area contributed by atoms with Gasteiger partial charge in [-0.25, -0.2) is 0 Å². The maximum atomic E-state index is 12.1. The van der Waals surface area contributed by atoms with E-state index in [0.29, 0.717) is 16.3 Å². The zero-order chi connectivity index (χ0) is 14.0. The first-order valence-corrected chi connectivity index (χ1v) is 7.46. The molecule has 0 saturated heterocycles. The van der Waals surface area contributed by atoms with Gasteiger partial charge in [-0.3, -0.25) is 4.79 Å². The van der Waals surface area contributed by atoms with Gasteiger partial charge in [0.05, 0.1) is 5.02 Å². The predicted octanol–water partition coefficient (Wildman–Crippen LogP) is 5.43. The Morgan fingerprint density at radius 2 is 1.79 bits per heavy atom. The molecule has 0 atom stereocenters. The normalized spacial score (nSPS) is 10.3. The van der Waals surface area contributed by atoms with Crippen molar-refractivity contribution >= 4 is 55.1 Å². The van der Waals surface area contributed by atoms with Crippen LogP contribution in [0.15, 0.2) is 45.3 Å². The van der Waals surface area contributed by atoms with E-state index in [4.69, 9.17) is 11.6 Å². The number of rotatable bonds is 2. The Bertz CT molecular complexity index is 643. The summed E-state index contributed by atoms with van der Waals surface area (Å²) in [5.74, 6) is -0.158. The third-order valence-corrected chi connectivity index (χ3v) is 4.72. The van der Waals surface area contributed by atoms with Crippen molar-refractivity contribution in [2.45, 2.75) is 6.92 Å². The van der Waals surface area contributed by atoms with E-state index >= 15 is 0 Å². The molecule has 19 heavy (non-hydrogen) atoms. The number of anilines is 1. The van der Waals surface area contributed by atoms with Crippen molar-refractivity contribution in [3.8, 4) is 0 Å². The maximum absolute atomic E-state index is 12.1. The third-order valence-electron chi connectivity index (χ3n) is 2.60. The summed E-state index contributed by atoms with van der Waals surface area (Å²) in [6, 6.07) is 10.8. The summed E-state index contributed by atoms with van der Waals surface area (Å²) in [5, 5.41) is 3.37. The quantitative estimate of drug-likeness (QED) is 0.712. The molecule has 0 heterocycles. The highest BCUT2D eigenvalue weighted by Gasteiger charge is 2.08. The second-order valence-electron chi connectivity index (χ2n) is 4.05. The summed E-state index contributed by atoms with van der Waals surface area (Å²) < 4.78 is 1.78. The number of benzene rings is 2. The average molecular weight is 404 g/mol. The van der Waals surface area contributed by atoms with Crippen LogP contribution in [0, 0.1) is 6.92 Å². The van der Waals surface area contributed by atoms with Crippen molar-refractivity contribution < 1.29 is 4.79 Å². The molecule has 2 aromatic rings. The molecule has 1 amide bonds. The summed E-state index contributed by atoms with van der Waals surface area (Å²) in [6.45, 7) is 1.94. The second kappa shape index (κ2) is 6.07. The van der Waals surface area contributed by atoms with Crippen LogP contribution in [-0.2, 0) is 0 Å². The van der Waals surface area contributed by atoms with Gasteiger partial charge in [-0.05, 0) is 64.8 Å². The van der Waals surface area contributed by atoms with E-state index in [2.05, 4.69) is 37.2 Å². The number of halogens is 3. The topological polar surface area (TPSA) is 29.1 Å². The summed E-state index contributed by atoms with van der Waals surface area (Å²) in [7, 11) is 0. The van der Waals surface area contributed by atoms with Gasteiger partial charge in [-0.15, -0.1) is 0 Å². The molecule has 1 N–H and O–H groups in total. The number of amides is 1. The molecule has 98 valence electrons. The van der Waals surface area contributed by atoms with Crippen molar-refractivity contribution in [2.24, 2.45) is 0 Å². The van der Waals surface area contributed by atoms with Crippen LogP contribution in [0.2, 0.25) is 5.02 Å². The van der Waals surface area contributed by atoms with Gasteiger partial charge in [-0.2, -0.15) is 0 Å². The van der Waals surface area contributed by atoms with E-state index in [1.807, 2.05) is 19.1 Å². The smallest absolute Gasteiger partial charge is 0.255 e. The van der Waals surface area contributed by atoms with Gasteiger partial charge in [0.1, 0.15) is 0 Å². The standard InChI is InChI=1S/C14H10Br2ClNO/c1-8-6-9(2-4-11(8)15)14(19)18-10-3-5-12(16)13(17)7-10/h2-7H,1H3,(H,18,19). The second-order valence-corrected chi connectivity index (χ2v) is 6.16. The molecular weight excluding hydrogens is 393 g/mol. The monoisotopic (exact) mass is 401 g/mol. The lowest BCUT2D eigenvalue weighted by atomic mass is 10.1. The number of carbonyl (C=O) groups excluding carboxylic acids is 1. The van der Waals surface area contributed by atoms with Gasteiger partial charge in [0.15, 0.2) is 0 Å². The molecule has 0 fully saturated rings. The zero-order valence-electron chi connectivity index (χ0n) is 10.0. The van der Waals surface area contributed by atoms with Gasteiger partial charge >= 0.3 is 0 Å². The molecule has 0 unspecified atom stereocenters. The van der Waals surface area contributed by atoms with Crippen LogP contribution < -0.4 is 5.32 Å². The molecule has 0 aliphatic rings. The maximum Gasteiger partial charge on any atom is 0.255 e.